The van der Waals surface area contributed by atoms with Crippen molar-refractivity contribution in [3.8, 4) is 0 Å². The minimum atomic E-state index is -1.17. The Morgan fingerprint density at radius 1 is 1.39 bits per heavy atom. The number of carboxylic acid groups (broad SMARTS) is 1. The van der Waals surface area contributed by atoms with Gasteiger partial charge in [-0.2, -0.15) is 0 Å². The molecule has 1 rings (SSSR count). The molecule has 0 aromatic heterocycles. The summed E-state index contributed by atoms with van der Waals surface area (Å²) in [5, 5.41) is 11.7. The Labute approximate surface area is 109 Å². The van der Waals surface area contributed by atoms with E-state index < -0.39 is 17.9 Å². The number of anilines is 1. The van der Waals surface area contributed by atoms with Gasteiger partial charge < -0.3 is 16.2 Å². The van der Waals surface area contributed by atoms with Gasteiger partial charge in [0.1, 0.15) is 6.04 Å². The Morgan fingerprint density at radius 3 is 2.44 bits per heavy atom. The fraction of sp³-hybridized carbons (Fsp3) is 0.167. The molecule has 0 aliphatic rings. The van der Waals surface area contributed by atoms with Gasteiger partial charge >= 0.3 is 5.97 Å². The van der Waals surface area contributed by atoms with Crippen LogP contribution in [0.2, 0.25) is 5.02 Å². The topological polar surface area (TPSA) is 92.4 Å². The highest BCUT2D eigenvalue weighted by atomic mass is 35.5. The highest BCUT2D eigenvalue weighted by Crippen LogP contribution is 2.14. The summed E-state index contributed by atoms with van der Waals surface area (Å²) in [4.78, 5) is 22.2. The van der Waals surface area contributed by atoms with Crippen LogP contribution in [0.3, 0.4) is 0 Å². The van der Waals surface area contributed by atoms with Gasteiger partial charge in [0.2, 0.25) is 0 Å². The van der Waals surface area contributed by atoms with E-state index in [1.807, 2.05) is 0 Å². The molecule has 0 fully saturated rings. The lowest BCUT2D eigenvalue weighted by molar-refractivity contribution is -0.138. The van der Waals surface area contributed by atoms with Gasteiger partial charge in [-0.25, -0.2) is 0 Å². The van der Waals surface area contributed by atoms with Gasteiger partial charge in [-0.05, 0) is 24.3 Å². The van der Waals surface area contributed by atoms with Crippen LogP contribution in [-0.4, -0.2) is 23.0 Å². The van der Waals surface area contributed by atoms with Gasteiger partial charge in [0.15, 0.2) is 0 Å². The Bertz CT molecular complexity index is 471. The number of nitrogens with one attached hydrogen (secondary N) is 1. The summed E-state index contributed by atoms with van der Waals surface area (Å²) in [5.41, 5.74) is 5.97. The van der Waals surface area contributed by atoms with Crippen LogP contribution >= 0.6 is 11.6 Å². The van der Waals surface area contributed by atoms with E-state index in [2.05, 4.69) is 11.9 Å². The summed E-state index contributed by atoms with van der Waals surface area (Å²) in [6.07, 6.45) is -0.102. The predicted molar refractivity (Wildman–Crippen MR) is 69.4 cm³/mol. The lowest BCUT2D eigenvalue weighted by Crippen LogP contribution is -2.32. The Balaban J connectivity index is 2.57. The maximum atomic E-state index is 11.7. The molecule has 0 spiro atoms. The standard InChI is InChI=1S/C12H13ClN2O3/c1-7(6-10(14)12(17)18)11(16)15-9-4-2-8(13)3-5-9/h2-5,10H,1,6,14H2,(H,15,16)(H,17,18)/t10-/m0/s1. The maximum Gasteiger partial charge on any atom is 0.320 e. The molecule has 0 aliphatic carbocycles. The summed E-state index contributed by atoms with van der Waals surface area (Å²) >= 11 is 5.70. The summed E-state index contributed by atoms with van der Waals surface area (Å²) in [6.45, 7) is 3.51. The number of hydrogen-bond donors (Lipinski definition) is 3. The van der Waals surface area contributed by atoms with Gasteiger partial charge in [-0.1, -0.05) is 18.2 Å². The summed E-state index contributed by atoms with van der Waals surface area (Å²) in [5.74, 6) is -1.63. The minimum Gasteiger partial charge on any atom is -0.480 e. The van der Waals surface area contributed by atoms with Crippen LogP contribution in [0.15, 0.2) is 36.4 Å². The zero-order valence-corrected chi connectivity index (χ0v) is 10.3. The summed E-state index contributed by atoms with van der Waals surface area (Å²) in [6, 6.07) is 5.38. The molecule has 0 heterocycles. The second-order valence-corrected chi connectivity index (χ2v) is 4.15. The van der Waals surface area contributed by atoms with Gasteiger partial charge in [-0.3, -0.25) is 9.59 Å². The van der Waals surface area contributed by atoms with E-state index in [1.54, 1.807) is 24.3 Å². The molecule has 1 aromatic carbocycles. The van der Waals surface area contributed by atoms with Crippen LogP contribution in [0.1, 0.15) is 6.42 Å². The molecule has 1 aromatic rings. The van der Waals surface area contributed by atoms with Crippen molar-refractivity contribution in [2.45, 2.75) is 12.5 Å². The maximum absolute atomic E-state index is 11.7. The van der Waals surface area contributed by atoms with Gasteiger partial charge in [0.25, 0.3) is 5.91 Å². The summed E-state index contributed by atoms with van der Waals surface area (Å²) in [7, 11) is 0. The average Bonchev–Trinajstić information content (AvgIpc) is 2.31. The Hall–Kier alpha value is -1.85. The minimum absolute atomic E-state index is 0.102. The van der Waals surface area contributed by atoms with Crippen molar-refractivity contribution in [1.82, 2.24) is 0 Å². The number of rotatable bonds is 5. The van der Waals surface area contributed by atoms with Crippen LogP contribution < -0.4 is 11.1 Å². The van der Waals surface area contributed by atoms with Crippen molar-refractivity contribution in [1.29, 1.82) is 0 Å². The molecule has 0 saturated heterocycles. The van der Waals surface area contributed by atoms with Crippen molar-refractivity contribution in [3.05, 3.63) is 41.4 Å². The lowest BCUT2D eigenvalue weighted by atomic mass is 10.1. The average molecular weight is 269 g/mol. The lowest BCUT2D eigenvalue weighted by Gasteiger charge is -2.10. The van der Waals surface area contributed by atoms with E-state index in [4.69, 9.17) is 22.4 Å². The van der Waals surface area contributed by atoms with Gasteiger partial charge in [0.05, 0.1) is 0 Å². The van der Waals surface area contributed by atoms with Crippen LogP contribution in [-0.2, 0) is 9.59 Å². The fourth-order valence-electron chi connectivity index (χ4n) is 1.20. The molecule has 0 unspecified atom stereocenters. The molecule has 0 radical (unpaired) electrons. The number of carbonyl (C=O) groups is 2. The fourth-order valence-corrected chi connectivity index (χ4v) is 1.32. The molecule has 1 amide bonds. The zero-order valence-electron chi connectivity index (χ0n) is 9.52. The molecule has 0 saturated carbocycles. The van der Waals surface area contributed by atoms with Crippen molar-refractivity contribution in [2.24, 2.45) is 5.73 Å². The number of carbonyl (C=O) groups excluding carboxylic acids is 1. The van der Waals surface area contributed by atoms with Crippen LogP contribution in [0, 0.1) is 0 Å². The number of nitrogens with two attached hydrogens (primary N) is 1. The predicted octanol–water partition coefficient (Wildman–Crippen LogP) is 1.64. The van der Waals surface area contributed by atoms with Crippen LogP contribution in [0.25, 0.3) is 0 Å². The van der Waals surface area contributed by atoms with E-state index in [0.717, 1.165) is 0 Å². The number of carboxylic acids is 1. The largest absolute Gasteiger partial charge is 0.480 e. The van der Waals surface area contributed by atoms with Crippen molar-refractivity contribution in [2.75, 3.05) is 5.32 Å². The van der Waals surface area contributed by atoms with Gasteiger partial charge in [0, 0.05) is 22.7 Å². The smallest absolute Gasteiger partial charge is 0.320 e. The first-order valence-electron chi connectivity index (χ1n) is 5.13. The molecular weight excluding hydrogens is 256 g/mol. The SMILES string of the molecule is C=C(C[C@H](N)C(=O)O)C(=O)Nc1ccc(Cl)cc1. The van der Waals surface area contributed by atoms with Crippen LogP contribution in [0.4, 0.5) is 5.69 Å². The van der Waals surface area contributed by atoms with Crippen LogP contribution in [0.5, 0.6) is 0 Å². The molecule has 96 valence electrons. The molecule has 0 aliphatic heterocycles. The highest BCUT2D eigenvalue weighted by Gasteiger charge is 2.16. The third-order valence-corrected chi connectivity index (χ3v) is 2.46. The molecule has 18 heavy (non-hydrogen) atoms. The quantitative estimate of drug-likeness (QED) is 0.708. The first kappa shape index (κ1) is 14.2. The molecule has 4 N–H and O–H groups in total. The molecule has 6 heteroatoms. The molecule has 5 nitrogen and oxygen atoms in total. The van der Waals surface area contributed by atoms with E-state index >= 15 is 0 Å². The summed E-state index contributed by atoms with van der Waals surface area (Å²) < 4.78 is 0. The second-order valence-electron chi connectivity index (χ2n) is 3.71. The number of hydrogen-bond acceptors (Lipinski definition) is 3. The Kier molecular flexibility index (Phi) is 4.88. The number of amides is 1. The van der Waals surface area contributed by atoms with Crippen molar-refractivity contribution < 1.29 is 14.7 Å². The van der Waals surface area contributed by atoms with Crippen molar-refractivity contribution >= 4 is 29.2 Å². The first-order chi connectivity index (χ1) is 8.40. The normalized spacial score (nSPS) is 11.7. The molecule has 1 atom stereocenters. The van der Waals surface area contributed by atoms with Gasteiger partial charge in [-0.15, -0.1) is 0 Å². The highest BCUT2D eigenvalue weighted by molar-refractivity contribution is 6.30. The third-order valence-electron chi connectivity index (χ3n) is 2.21. The monoisotopic (exact) mass is 268 g/mol. The van der Waals surface area contributed by atoms with E-state index in [1.165, 1.54) is 0 Å². The number of halogens is 1. The Morgan fingerprint density at radius 2 is 1.94 bits per heavy atom. The first-order valence-corrected chi connectivity index (χ1v) is 5.51. The van der Waals surface area contributed by atoms with Crippen molar-refractivity contribution in [3.63, 3.8) is 0 Å². The van der Waals surface area contributed by atoms with E-state index in [0.29, 0.717) is 10.7 Å². The second kappa shape index (κ2) is 6.18. The number of aliphatic carboxylic acids is 1. The number of benzene rings is 1. The third kappa shape index (κ3) is 4.20. The molecule has 0 bridgehead atoms. The molecular formula is C12H13ClN2O3. The van der Waals surface area contributed by atoms with E-state index in [9.17, 15) is 9.59 Å². The zero-order chi connectivity index (χ0) is 13.7. The van der Waals surface area contributed by atoms with E-state index in [-0.39, 0.29) is 12.0 Å².